The summed E-state index contributed by atoms with van der Waals surface area (Å²) in [6.45, 7) is 3.76. The molecule has 1 amide bonds. The van der Waals surface area contributed by atoms with Gasteiger partial charge in [0.15, 0.2) is 0 Å². The normalized spacial score (nSPS) is 11.3. The summed E-state index contributed by atoms with van der Waals surface area (Å²) in [6.07, 6.45) is 5.79. The van der Waals surface area contributed by atoms with Gasteiger partial charge in [-0.3, -0.25) is 9.35 Å². The Kier molecular flexibility index (Phi) is 6.94. The number of carbonyl (C=O) groups is 1. The Balaban J connectivity index is 2.04. The molecule has 2 N–H and O–H groups in total. The quantitative estimate of drug-likeness (QED) is 0.521. The van der Waals surface area contributed by atoms with Crippen LogP contribution in [-0.2, 0) is 16.5 Å². The predicted octanol–water partition coefficient (Wildman–Crippen LogP) is 4.62. The number of unbranched alkanes of at least 4 members (excludes halogenated alkanes) is 3. The van der Waals surface area contributed by atoms with E-state index in [2.05, 4.69) is 12.2 Å². The fourth-order valence-corrected chi connectivity index (χ4v) is 3.49. The lowest BCUT2D eigenvalue weighted by atomic mass is 10.0. The van der Waals surface area contributed by atoms with Crippen molar-refractivity contribution in [2.75, 3.05) is 5.32 Å². The van der Waals surface area contributed by atoms with Crippen LogP contribution in [0.4, 0.5) is 5.69 Å². The first-order valence-electron chi connectivity index (χ1n) is 8.79. The minimum Gasteiger partial charge on any atom is -0.322 e. The van der Waals surface area contributed by atoms with Crippen molar-refractivity contribution >= 4 is 21.7 Å². The van der Waals surface area contributed by atoms with Crippen LogP contribution in [0.3, 0.4) is 0 Å². The Morgan fingerprint density at radius 1 is 1.04 bits per heavy atom. The van der Waals surface area contributed by atoms with E-state index in [1.807, 2.05) is 12.1 Å². The van der Waals surface area contributed by atoms with Gasteiger partial charge in [0.2, 0.25) is 0 Å². The van der Waals surface area contributed by atoms with Crippen molar-refractivity contribution in [3.63, 3.8) is 0 Å². The molecule has 0 heterocycles. The second-order valence-corrected chi connectivity index (χ2v) is 7.81. The summed E-state index contributed by atoms with van der Waals surface area (Å²) in [5.41, 5.74) is 2.42. The summed E-state index contributed by atoms with van der Waals surface area (Å²) in [7, 11) is -4.33. The molecule has 0 saturated heterocycles. The van der Waals surface area contributed by atoms with E-state index in [9.17, 15) is 17.8 Å². The average molecular weight is 375 g/mol. The Morgan fingerprint density at radius 2 is 1.73 bits per heavy atom. The molecule has 0 aromatic heterocycles. The molecule has 0 fully saturated rings. The third kappa shape index (κ3) is 5.68. The standard InChI is InChI=1S/C20H25NO4S/c1-3-4-5-6-7-16-9-11-17(12-10-16)20(22)21-18-13-8-15(2)19(14-18)26(23,24)25/h8-14H,3-7H2,1-2H3,(H,21,22)(H,23,24,25). The number of rotatable bonds is 8. The first kappa shape index (κ1) is 20.1. The number of hydrogen-bond donors (Lipinski definition) is 2. The van der Waals surface area contributed by atoms with Gasteiger partial charge in [-0.1, -0.05) is 44.4 Å². The lowest BCUT2D eigenvalue weighted by Gasteiger charge is -2.09. The third-order valence-electron chi connectivity index (χ3n) is 4.26. The molecule has 2 rings (SSSR count). The van der Waals surface area contributed by atoms with Crippen molar-refractivity contribution in [3.8, 4) is 0 Å². The summed E-state index contributed by atoms with van der Waals surface area (Å²) in [5, 5.41) is 2.66. The molecule has 26 heavy (non-hydrogen) atoms. The maximum absolute atomic E-state index is 12.3. The number of nitrogens with one attached hydrogen (secondary N) is 1. The molecule has 0 radical (unpaired) electrons. The molecule has 2 aromatic rings. The van der Waals surface area contributed by atoms with Crippen molar-refractivity contribution in [2.24, 2.45) is 0 Å². The minimum atomic E-state index is -4.33. The number of carbonyl (C=O) groups excluding carboxylic acids is 1. The van der Waals surface area contributed by atoms with E-state index >= 15 is 0 Å². The van der Waals surface area contributed by atoms with Gasteiger partial charge in [-0.05, 0) is 55.2 Å². The fraction of sp³-hybridized carbons (Fsp3) is 0.350. The molecule has 0 aliphatic rings. The fourth-order valence-electron chi connectivity index (χ4n) is 2.74. The Morgan fingerprint density at radius 3 is 2.35 bits per heavy atom. The van der Waals surface area contributed by atoms with Crippen LogP contribution in [-0.4, -0.2) is 18.9 Å². The number of aryl methyl sites for hydroxylation is 2. The van der Waals surface area contributed by atoms with Gasteiger partial charge in [0.1, 0.15) is 0 Å². The number of anilines is 1. The highest BCUT2D eigenvalue weighted by molar-refractivity contribution is 7.85. The monoisotopic (exact) mass is 375 g/mol. The first-order valence-corrected chi connectivity index (χ1v) is 10.2. The number of benzene rings is 2. The zero-order chi connectivity index (χ0) is 19.2. The highest BCUT2D eigenvalue weighted by Crippen LogP contribution is 2.20. The topological polar surface area (TPSA) is 83.5 Å². The second-order valence-electron chi connectivity index (χ2n) is 6.42. The summed E-state index contributed by atoms with van der Waals surface area (Å²) >= 11 is 0. The molecule has 5 nitrogen and oxygen atoms in total. The molecule has 0 aliphatic carbocycles. The zero-order valence-electron chi connectivity index (χ0n) is 15.2. The van der Waals surface area contributed by atoms with Gasteiger partial charge in [-0.15, -0.1) is 0 Å². The third-order valence-corrected chi connectivity index (χ3v) is 5.25. The van der Waals surface area contributed by atoms with Crippen LogP contribution >= 0.6 is 0 Å². The van der Waals surface area contributed by atoms with Crippen LogP contribution in [0.25, 0.3) is 0 Å². The van der Waals surface area contributed by atoms with Gasteiger partial charge in [-0.25, -0.2) is 0 Å². The maximum atomic E-state index is 12.3. The average Bonchev–Trinajstić information content (AvgIpc) is 2.60. The largest absolute Gasteiger partial charge is 0.322 e. The first-order chi connectivity index (χ1) is 12.3. The SMILES string of the molecule is CCCCCCc1ccc(C(=O)Nc2ccc(C)c(S(=O)(=O)O)c2)cc1. The number of amides is 1. The molecule has 0 bridgehead atoms. The van der Waals surface area contributed by atoms with Crippen LogP contribution in [0.1, 0.15) is 54.1 Å². The van der Waals surface area contributed by atoms with Crippen LogP contribution in [0.5, 0.6) is 0 Å². The van der Waals surface area contributed by atoms with E-state index in [0.717, 1.165) is 12.8 Å². The highest BCUT2D eigenvalue weighted by atomic mass is 32.2. The van der Waals surface area contributed by atoms with Crippen LogP contribution in [0.2, 0.25) is 0 Å². The van der Waals surface area contributed by atoms with Gasteiger partial charge < -0.3 is 5.32 Å². The van der Waals surface area contributed by atoms with Gasteiger partial charge in [0.25, 0.3) is 16.0 Å². The Hall–Kier alpha value is -2.18. The van der Waals surface area contributed by atoms with Crippen molar-refractivity contribution in [1.82, 2.24) is 0 Å². The number of hydrogen-bond acceptors (Lipinski definition) is 3. The Labute approximate surface area is 155 Å². The van der Waals surface area contributed by atoms with Crippen LogP contribution < -0.4 is 5.32 Å². The maximum Gasteiger partial charge on any atom is 0.294 e. The summed E-state index contributed by atoms with van der Waals surface area (Å²) < 4.78 is 32.0. The van der Waals surface area contributed by atoms with E-state index in [1.165, 1.54) is 37.0 Å². The second kappa shape index (κ2) is 8.96. The summed E-state index contributed by atoms with van der Waals surface area (Å²) in [4.78, 5) is 12.1. The minimum absolute atomic E-state index is 0.210. The van der Waals surface area contributed by atoms with E-state index < -0.39 is 10.1 Å². The van der Waals surface area contributed by atoms with Crippen molar-refractivity contribution in [1.29, 1.82) is 0 Å². The van der Waals surface area contributed by atoms with Gasteiger partial charge in [0, 0.05) is 11.3 Å². The lowest BCUT2D eigenvalue weighted by molar-refractivity contribution is 0.102. The molecule has 0 saturated carbocycles. The molecule has 6 heteroatoms. The van der Waals surface area contributed by atoms with E-state index in [-0.39, 0.29) is 10.8 Å². The summed E-state index contributed by atoms with van der Waals surface area (Å²) in [5.74, 6) is -0.326. The van der Waals surface area contributed by atoms with Crippen molar-refractivity contribution in [2.45, 2.75) is 50.8 Å². The van der Waals surface area contributed by atoms with Crippen molar-refractivity contribution in [3.05, 3.63) is 59.2 Å². The van der Waals surface area contributed by atoms with Gasteiger partial charge in [0.05, 0.1) is 4.90 Å². The lowest BCUT2D eigenvalue weighted by Crippen LogP contribution is -2.12. The van der Waals surface area contributed by atoms with Crippen molar-refractivity contribution < 1.29 is 17.8 Å². The molecule has 140 valence electrons. The van der Waals surface area contributed by atoms with Crippen LogP contribution in [0.15, 0.2) is 47.4 Å². The highest BCUT2D eigenvalue weighted by Gasteiger charge is 2.15. The van der Waals surface area contributed by atoms with Gasteiger partial charge >= 0.3 is 0 Å². The predicted molar refractivity (Wildman–Crippen MR) is 103 cm³/mol. The smallest absolute Gasteiger partial charge is 0.294 e. The molecule has 0 atom stereocenters. The molecule has 0 spiro atoms. The van der Waals surface area contributed by atoms with E-state index in [0.29, 0.717) is 16.8 Å². The molecule has 2 aromatic carbocycles. The molecular formula is C20H25NO4S. The van der Waals surface area contributed by atoms with E-state index in [1.54, 1.807) is 25.1 Å². The van der Waals surface area contributed by atoms with E-state index in [4.69, 9.17) is 0 Å². The Bertz CT molecular complexity index is 858. The molecular weight excluding hydrogens is 350 g/mol. The van der Waals surface area contributed by atoms with Gasteiger partial charge in [-0.2, -0.15) is 8.42 Å². The van der Waals surface area contributed by atoms with Crippen LogP contribution in [0, 0.1) is 6.92 Å². The summed E-state index contributed by atoms with van der Waals surface area (Å²) in [6, 6.07) is 11.8. The molecule has 0 unspecified atom stereocenters. The molecule has 0 aliphatic heterocycles. The zero-order valence-corrected chi connectivity index (χ0v) is 16.0.